The number of nitrogens with zero attached hydrogens (tertiary/aromatic N) is 1. The zero-order valence-corrected chi connectivity index (χ0v) is 17.7. The highest BCUT2D eigenvalue weighted by Crippen LogP contribution is 2.27. The van der Waals surface area contributed by atoms with Crippen molar-refractivity contribution in [1.29, 1.82) is 0 Å². The molecule has 0 atom stereocenters. The van der Waals surface area contributed by atoms with Crippen molar-refractivity contribution in [2.24, 2.45) is 0 Å². The maximum Gasteiger partial charge on any atom is 0.247 e. The van der Waals surface area contributed by atoms with Crippen LogP contribution in [-0.2, 0) is 19.6 Å². The summed E-state index contributed by atoms with van der Waals surface area (Å²) in [6.45, 7) is 4.57. The van der Waals surface area contributed by atoms with E-state index in [0.29, 0.717) is 11.4 Å². The van der Waals surface area contributed by atoms with E-state index < -0.39 is 15.9 Å². The van der Waals surface area contributed by atoms with E-state index in [4.69, 9.17) is 4.74 Å². The number of hydrogen-bond acceptors (Lipinski definition) is 5. The maximum absolute atomic E-state index is 13.1. The molecule has 9 heteroatoms. The predicted octanol–water partition coefficient (Wildman–Crippen LogP) is 2.61. The average molecular weight is 420 g/mol. The predicted molar refractivity (Wildman–Crippen MR) is 112 cm³/mol. The monoisotopic (exact) mass is 419 g/mol. The fraction of sp³-hybridized carbons (Fsp3) is 0.300. The molecule has 0 heterocycles. The molecule has 2 N–H and O–H groups in total. The summed E-state index contributed by atoms with van der Waals surface area (Å²) in [6.07, 6.45) is 0. The first kappa shape index (κ1) is 22.4. The Morgan fingerprint density at radius 2 is 1.72 bits per heavy atom. The first-order chi connectivity index (χ1) is 13.7. The molecule has 0 unspecified atom stereocenters. The summed E-state index contributed by atoms with van der Waals surface area (Å²) < 4.78 is 32.4. The minimum absolute atomic E-state index is 0.0160. The van der Waals surface area contributed by atoms with Crippen LogP contribution in [-0.4, -0.2) is 44.7 Å². The summed E-state index contributed by atoms with van der Waals surface area (Å²) in [5.74, 6) is -0.511. The Bertz CT molecular complexity index is 1000. The second-order valence-corrected chi connectivity index (χ2v) is 8.30. The first-order valence-electron chi connectivity index (χ1n) is 8.99. The number of likely N-dealkylation sites (N-methyl/N-ethyl adjacent to an activating group) is 1. The molecule has 156 valence electrons. The maximum atomic E-state index is 13.1. The van der Waals surface area contributed by atoms with Gasteiger partial charge in [-0.15, -0.1) is 0 Å². The molecule has 2 aromatic rings. The molecule has 0 saturated carbocycles. The Balaban J connectivity index is 2.20. The van der Waals surface area contributed by atoms with E-state index in [2.05, 4.69) is 10.6 Å². The topological polar surface area (TPSA) is 105 Å². The fourth-order valence-corrected chi connectivity index (χ4v) is 4.38. The third kappa shape index (κ3) is 5.78. The second-order valence-electron chi connectivity index (χ2n) is 6.40. The zero-order valence-electron chi connectivity index (χ0n) is 16.9. The van der Waals surface area contributed by atoms with Crippen LogP contribution in [0.5, 0.6) is 5.75 Å². The van der Waals surface area contributed by atoms with Gasteiger partial charge in [-0.25, -0.2) is 8.42 Å². The standard InChI is InChI=1S/C20H25N3O5S/c1-5-23(29(26,27)19-11-14(2)9-10-18(19)28-4)13-20(25)22-17-8-6-7-16(12-17)21-15(3)24/h6-12H,5,13H2,1-4H3,(H,21,24)(H,22,25). The number of carbonyl (C=O) groups excluding carboxylic acids is 2. The van der Waals surface area contributed by atoms with Crippen LogP contribution in [0.1, 0.15) is 19.4 Å². The number of amides is 2. The Morgan fingerprint density at radius 1 is 1.07 bits per heavy atom. The summed E-state index contributed by atoms with van der Waals surface area (Å²) in [4.78, 5) is 23.7. The molecule has 0 aliphatic carbocycles. The number of benzene rings is 2. The van der Waals surface area contributed by atoms with E-state index in [-0.39, 0.29) is 29.6 Å². The van der Waals surface area contributed by atoms with Gasteiger partial charge >= 0.3 is 0 Å². The van der Waals surface area contributed by atoms with Crippen LogP contribution in [0.25, 0.3) is 0 Å². The molecule has 0 aliphatic heterocycles. The third-order valence-corrected chi connectivity index (χ3v) is 6.02. The number of aryl methyl sites for hydroxylation is 1. The Labute approximate surface area is 170 Å². The molecule has 2 rings (SSSR count). The van der Waals surface area contributed by atoms with Gasteiger partial charge in [-0.3, -0.25) is 9.59 Å². The molecule has 0 fully saturated rings. The van der Waals surface area contributed by atoms with Crippen molar-refractivity contribution in [3.63, 3.8) is 0 Å². The van der Waals surface area contributed by atoms with Gasteiger partial charge in [-0.05, 0) is 42.8 Å². The molecule has 0 spiro atoms. The van der Waals surface area contributed by atoms with E-state index in [0.717, 1.165) is 9.87 Å². The van der Waals surface area contributed by atoms with E-state index >= 15 is 0 Å². The lowest BCUT2D eigenvalue weighted by Crippen LogP contribution is -2.38. The summed E-state index contributed by atoms with van der Waals surface area (Å²) in [6, 6.07) is 11.5. The minimum atomic E-state index is -3.94. The average Bonchev–Trinajstić information content (AvgIpc) is 2.65. The summed E-state index contributed by atoms with van der Waals surface area (Å²) in [7, 11) is -2.54. The van der Waals surface area contributed by atoms with Crippen molar-refractivity contribution >= 4 is 33.2 Å². The Kier molecular flexibility index (Phi) is 7.35. The van der Waals surface area contributed by atoms with Gasteiger partial charge in [-0.1, -0.05) is 19.1 Å². The fourth-order valence-electron chi connectivity index (χ4n) is 2.73. The van der Waals surface area contributed by atoms with Gasteiger partial charge in [0.05, 0.1) is 13.7 Å². The van der Waals surface area contributed by atoms with Crippen LogP contribution >= 0.6 is 0 Å². The van der Waals surface area contributed by atoms with Crippen molar-refractivity contribution in [2.45, 2.75) is 25.7 Å². The second kappa shape index (κ2) is 9.53. The van der Waals surface area contributed by atoms with Crippen LogP contribution in [0.15, 0.2) is 47.4 Å². The number of methoxy groups -OCH3 is 1. The van der Waals surface area contributed by atoms with Crippen LogP contribution in [0.2, 0.25) is 0 Å². The molecule has 0 aliphatic rings. The molecule has 0 saturated heterocycles. The largest absolute Gasteiger partial charge is 0.495 e. The van der Waals surface area contributed by atoms with Gasteiger partial charge in [0, 0.05) is 24.8 Å². The van der Waals surface area contributed by atoms with Crippen molar-refractivity contribution < 1.29 is 22.7 Å². The summed E-state index contributed by atoms with van der Waals surface area (Å²) in [5, 5.41) is 5.28. The Morgan fingerprint density at radius 3 is 2.31 bits per heavy atom. The normalized spacial score (nSPS) is 11.2. The van der Waals surface area contributed by atoms with Gasteiger partial charge in [0.2, 0.25) is 21.8 Å². The van der Waals surface area contributed by atoms with Crippen molar-refractivity contribution in [3.8, 4) is 5.75 Å². The number of nitrogens with one attached hydrogen (secondary N) is 2. The van der Waals surface area contributed by atoms with E-state index in [1.807, 2.05) is 0 Å². The number of sulfonamides is 1. The number of carbonyl (C=O) groups is 2. The highest BCUT2D eigenvalue weighted by atomic mass is 32.2. The molecule has 2 aromatic carbocycles. The lowest BCUT2D eigenvalue weighted by molar-refractivity contribution is -0.116. The zero-order chi connectivity index (χ0) is 21.6. The lowest BCUT2D eigenvalue weighted by Gasteiger charge is -2.21. The lowest BCUT2D eigenvalue weighted by atomic mass is 10.2. The number of rotatable bonds is 8. The highest BCUT2D eigenvalue weighted by molar-refractivity contribution is 7.89. The molecular weight excluding hydrogens is 394 g/mol. The smallest absolute Gasteiger partial charge is 0.247 e. The summed E-state index contributed by atoms with van der Waals surface area (Å²) >= 11 is 0. The Hall–Kier alpha value is -2.91. The van der Waals surface area contributed by atoms with E-state index in [9.17, 15) is 18.0 Å². The number of ether oxygens (including phenoxy) is 1. The summed E-state index contributed by atoms with van der Waals surface area (Å²) in [5.41, 5.74) is 1.74. The van der Waals surface area contributed by atoms with Crippen molar-refractivity contribution in [1.82, 2.24) is 4.31 Å². The van der Waals surface area contributed by atoms with Crippen molar-refractivity contribution in [3.05, 3.63) is 48.0 Å². The third-order valence-electron chi connectivity index (χ3n) is 4.08. The molecule has 0 radical (unpaired) electrons. The molecule has 0 aromatic heterocycles. The molecule has 0 bridgehead atoms. The van der Waals surface area contributed by atoms with Crippen LogP contribution in [0, 0.1) is 6.92 Å². The van der Waals surface area contributed by atoms with Crippen LogP contribution < -0.4 is 15.4 Å². The first-order valence-corrected chi connectivity index (χ1v) is 10.4. The molecule has 29 heavy (non-hydrogen) atoms. The number of hydrogen-bond donors (Lipinski definition) is 2. The van der Waals surface area contributed by atoms with Crippen LogP contribution in [0.3, 0.4) is 0 Å². The molecule has 2 amide bonds. The highest BCUT2D eigenvalue weighted by Gasteiger charge is 2.28. The van der Waals surface area contributed by atoms with Crippen LogP contribution in [0.4, 0.5) is 11.4 Å². The van der Waals surface area contributed by atoms with E-state index in [1.165, 1.54) is 20.1 Å². The SMILES string of the molecule is CCN(CC(=O)Nc1cccc(NC(C)=O)c1)S(=O)(=O)c1cc(C)ccc1OC. The quantitative estimate of drug-likeness (QED) is 0.684. The van der Waals surface area contributed by atoms with Gasteiger partial charge in [0.15, 0.2) is 0 Å². The minimum Gasteiger partial charge on any atom is -0.495 e. The van der Waals surface area contributed by atoms with Gasteiger partial charge < -0.3 is 15.4 Å². The van der Waals surface area contributed by atoms with Gasteiger partial charge in [0.25, 0.3) is 0 Å². The molecule has 8 nitrogen and oxygen atoms in total. The van der Waals surface area contributed by atoms with Gasteiger partial charge in [-0.2, -0.15) is 4.31 Å². The van der Waals surface area contributed by atoms with Crippen molar-refractivity contribution in [2.75, 3.05) is 30.8 Å². The van der Waals surface area contributed by atoms with Gasteiger partial charge in [0.1, 0.15) is 10.6 Å². The van der Waals surface area contributed by atoms with E-state index in [1.54, 1.807) is 50.2 Å². The molecular formula is C20H25N3O5S. The number of anilines is 2.